The highest BCUT2D eigenvalue weighted by molar-refractivity contribution is 7.81. The third kappa shape index (κ3) is 7.90. The summed E-state index contributed by atoms with van der Waals surface area (Å²) in [5.74, 6) is -2.22. The van der Waals surface area contributed by atoms with Gasteiger partial charge in [-0.15, -0.1) is 0 Å². The number of carbonyl (C=O) groups excluding carboxylic acids is 5. The number of benzene rings is 3. The van der Waals surface area contributed by atoms with Crippen LogP contribution in [0.25, 0.3) is 0 Å². The van der Waals surface area contributed by atoms with Gasteiger partial charge in [0.1, 0.15) is 23.9 Å². The van der Waals surface area contributed by atoms with Gasteiger partial charge in [-0.2, -0.15) is 13.2 Å². The fourth-order valence-corrected chi connectivity index (χ4v) is 7.18. The molecular formula is C38H38F3N5O8S. The summed E-state index contributed by atoms with van der Waals surface area (Å²) in [5.41, 5.74) is -0.571. The number of alkyl halides is 3. The summed E-state index contributed by atoms with van der Waals surface area (Å²) in [6, 6.07) is 14.3. The maximum atomic E-state index is 13.6. The van der Waals surface area contributed by atoms with Gasteiger partial charge in [0.2, 0.25) is 11.8 Å². The van der Waals surface area contributed by atoms with Crippen LogP contribution in [0, 0.1) is 6.92 Å². The highest BCUT2D eigenvalue weighted by Crippen LogP contribution is 2.40. The first kappa shape index (κ1) is 39.3. The Morgan fingerprint density at radius 1 is 0.891 bits per heavy atom. The molecule has 0 bridgehead atoms. The molecule has 3 aliphatic rings. The smallest absolute Gasteiger partial charge is 0.416 e. The topological polar surface area (TPSA) is 147 Å². The van der Waals surface area contributed by atoms with Gasteiger partial charge in [-0.05, 0) is 93.5 Å². The quantitative estimate of drug-likeness (QED) is 0.131. The molecule has 17 heteroatoms. The molecule has 3 heterocycles. The number of piperidine rings is 1. The van der Waals surface area contributed by atoms with E-state index in [1.165, 1.54) is 25.1 Å². The second-order valence-electron chi connectivity index (χ2n) is 13.5. The highest BCUT2D eigenvalue weighted by atomic mass is 32.1. The molecule has 3 aromatic rings. The average molecular weight is 782 g/mol. The number of rotatable bonds is 14. The Morgan fingerprint density at radius 2 is 1.56 bits per heavy atom. The highest BCUT2D eigenvalue weighted by Gasteiger charge is 2.51. The van der Waals surface area contributed by atoms with E-state index in [1.54, 1.807) is 55.1 Å². The zero-order valence-electron chi connectivity index (χ0n) is 30.2. The number of halogens is 3. The number of hydrogen-bond donors (Lipinski definition) is 2. The van der Waals surface area contributed by atoms with E-state index in [4.69, 9.17) is 26.4 Å². The molecule has 5 amide bonds. The van der Waals surface area contributed by atoms with Gasteiger partial charge in [0.15, 0.2) is 5.11 Å². The minimum absolute atomic E-state index is 0.0375. The van der Waals surface area contributed by atoms with Crippen molar-refractivity contribution in [2.24, 2.45) is 0 Å². The Balaban J connectivity index is 0.915. The predicted octanol–water partition coefficient (Wildman–Crippen LogP) is 4.86. The van der Waals surface area contributed by atoms with Crippen LogP contribution in [-0.2, 0) is 30.0 Å². The number of thiocarbonyl (C=S) groups is 1. The molecule has 13 nitrogen and oxygen atoms in total. The monoisotopic (exact) mass is 781 g/mol. The molecular weight excluding hydrogens is 744 g/mol. The van der Waals surface area contributed by atoms with E-state index in [0.717, 1.165) is 15.9 Å². The van der Waals surface area contributed by atoms with E-state index in [0.29, 0.717) is 23.7 Å². The van der Waals surface area contributed by atoms with Crippen molar-refractivity contribution in [2.45, 2.75) is 51.4 Å². The Bertz CT molecular complexity index is 2040. The number of ether oxygens (including phenoxy) is 3. The van der Waals surface area contributed by atoms with Crippen molar-refractivity contribution in [3.05, 3.63) is 82.9 Å². The number of imide groups is 2. The summed E-state index contributed by atoms with van der Waals surface area (Å²) < 4.78 is 57.8. The van der Waals surface area contributed by atoms with E-state index in [1.807, 2.05) is 0 Å². The molecule has 1 unspecified atom stereocenters. The molecule has 0 spiro atoms. The lowest BCUT2D eigenvalue weighted by Crippen LogP contribution is -2.54. The largest absolute Gasteiger partial charge is 0.491 e. The Morgan fingerprint density at radius 3 is 2.25 bits per heavy atom. The van der Waals surface area contributed by atoms with Gasteiger partial charge in [-0.1, -0.05) is 12.1 Å². The van der Waals surface area contributed by atoms with Crippen molar-refractivity contribution in [2.75, 3.05) is 54.7 Å². The predicted molar refractivity (Wildman–Crippen MR) is 198 cm³/mol. The molecule has 2 fully saturated rings. The number of carbonyl (C=O) groups is 5. The minimum atomic E-state index is -4.58. The first-order valence-electron chi connectivity index (χ1n) is 17.4. The van der Waals surface area contributed by atoms with Crippen LogP contribution in [0.5, 0.6) is 5.75 Å². The molecule has 2 N–H and O–H groups in total. The Labute approximate surface area is 319 Å². The second-order valence-corrected chi connectivity index (χ2v) is 13.8. The van der Waals surface area contributed by atoms with Crippen LogP contribution in [0.4, 0.5) is 30.2 Å². The summed E-state index contributed by atoms with van der Waals surface area (Å²) in [7, 11) is 0. The van der Waals surface area contributed by atoms with Crippen molar-refractivity contribution in [3.8, 4) is 5.75 Å². The normalized spacial score (nSPS) is 18.3. The maximum absolute atomic E-state index is 13.6. The third-order valence-electron chi connectivity index (χ3n) is 9.45. The summed E-state index contributed by atoms with van der Waals surface area (Å²) in [5, 5.41) is 5.35. The molecule has 3 aliphatic heterocycles. The summed E-state index contributed by atoms with van der Waals surface area (Å²) >= 11 is 5.62. The second kappa shape index (κ2) is 15.8. The number of anilines is 3. The summed E-state index contributed by atoms with van der Waals surface area (Å²) in [6.07, 6.45) is -4.47. The maximum Gasteiger partial charge on any atom is 0.416 e. The van der Waals surface area contributed by atoms with Crippen molar-refractivity contribution in [1.29, 1.82) is 0 Å². The number of nitrogens with one attached hydrogen (secondary N) is 2. The van der Waals surface area contributed by atoms with E-state index in [2.05, 4.69) is 10.6 Å². The molecule has 6 rings (SSSR count). The molecule has 2 saturated heterocycles. The summed E-state index contributed by atoms with van der Waals surface area (Å²) in [6.45, 7) is 6.34. The van der Waals surface area contributed by atoms with E-state index in [9.17, 15) is 37.1 Å². The fourth-order valence-electron chi connectivity index (χ4n) is 6.66. The van der Waals surface area contributed by atoms with E-state index in [-0.39, 0.29) is 73.4 Å². The van der Waals surface area contributed by atoms with Crippen LogP contribution in [0.2, 0.25) is 0 Å². The van der Waals surface area contributed by atoms with Crippen LogP contribution < -0.4 is 25.2 Å². The summed E-state index contributed by atoms with van der Waals surface area (Å²) in [4.78, 5) is 67.2. The van der Waals surface area contributed by atoms with Gasteiger partial charge in [-0.25, -0.2) is 0 Å². The first-order chi connectivity index (χ1) is 26.1. The molecule has 0 radical (unpaired) electrons. The van der Waals surface area contributed by atoms with Crippen molar-refractivity contribution in [3.63, 3.8) is 0 Å². The van der Waals surface area contributed by atoms with Crippen LogP contribution in [0.3, 0.4) is 0 Å². The van der Waals surface area contributed by atoms with E-state index >= 15 is 0 Å². The van der Waals surface area contributed by atoms with Gasteiger partial charge >= 0.3 is 6.18 Å². The van der Waals surface area contributed by atoms with Crippen LogP contribution in [0.15, 0.2) is 60.7 Å². The SMILES string of the molecule is Cc1ccc(N2C(=O)C(C)(C)N(c3ccc(OCCOCCOCCNc4cccc5c4C(=O)N(C4CCC(=O)NC4=O)C5=O)cc3)C2=S)cc1C(F)(F)F. The number of hydrogen-bond acceptors (Lipinski definition) is 10. The molecule has 1 atom stereocenters. The minimum Gasteiger partial charge on any atom is -0.491 e. The third-order valence-corrected chi connectivity index (χ3v) is 9.81. The van der Waals surface area contributed by atoms with Gasteiger partial charge in [0.05, 0.1) is 48.8 Å². The lowest BCUT2D eigenvalue weighted by Gasteiger charge is -2.29. The van der Waals surface area contributed by atoms with Gasteiger partial charge in [0, 0.05) is 24.3 Å². The van der Waals surface area contributed by atoms with Crippen LogP contribution in [-0.4, -0.2) is 90.7 Å². The number of fused-ring (bicyclic) bond motifs is 1. The molecule has 290 valence electrons. The van der Waals surface area contributed by atoms with Crippen molar-refractivity contribution < 1.29 is 51.4 Å². The fraction of sp³-hybridized carbons (Fsp3) is 0.368. The van der Waals surface area contributed by atoms with Crippen LogP contribution >= 0.6 is 12.2 Å². The Hall–Kier alpha value is -5.39. The molecule has 0 aliphatic carbocycles. The average Bonchev–Trinajstić information content (AvgIpc) is 3.49. The number of aryl methyl sites for hydroxylation is 1. The van der Waals surface area contributed by atoms with Crippen molar-refractivity contribution in [1.82, 2.24) is 10.2 Å². The Kier molecular flexibility index (Phi) is 11.3. The lowest BCUT2D eigenvalue weighted by atomic mass is 10.0. The molecule has 3 aromatic carbocycles. The first-order valence-corrected chi connectivity index (χ1v) is 17.9. The molecule has 0 saturated carbocycles. The lowest BCUT2D eigenvalue weighted by molar-refractivity contribution is -0.138. The van der Waals surface area contributed by atoms with Gasteiger partial charge in [-0.3, -0.25) is 39.1 Å². The van der Waals surface area contributed by atoms with E-state index < -0.39 is 52.9 Å². The zero-order chi connectivity index (χ0) is 39.7. The molecule has 0 aromatic heterocycles. The number of amides is 5. The zero-order valence-corrected chi connectivity index (χ0v) is 31.0. The standard InChI is InChI=1S/C38H38F3N5O8S/c1-22-7-8-24(21-27(22)38(39,40)41)44-35(51)37(2,3)46(36(44)55)23-9-11-25(12-10-23)54-20-19-53-18-17-52-16-15-42-28-6-4-5-26-31(28)34(50)45(33(26)49)29-13-14-30(47)43-32(29)48/h4-12,21,29,42H,13-20H2,1-3H3,(H,43,47,48). The number of nitrogens with zero attached hydrogens (tertiary/aromatic N) is 3. The van der Waals surface area contributed by atoms with Crippen LogP contribution in [0.1, 0.15) is 58.5 Å². The van der Waals surface area contributed by atoms with Gasteiger partial charge in [0.25, 0.3) is 17.7 Å². The van der Waals surface area contributed by atoms with Gasteiger partial charge < -0.3 is 24.4 Å². The van der Waals surface area contributed by atoms with Crippen molar-refractivity contribution >= 4 is 63.9 Å². The molecule has 55 heavy (non-hydrogen) atoms.